The summed E-state index contributed by atoms with van der Waals surface area (Å²) in [5.74, 6) is 0. The van der Waals surface area contributed by atoms with E-state index in [1.165, 1.54) is 43.4 Å². The maximum atomic E-state index is 8.89. The fourth-order valence-corrected chi connectivity index (χ4v) is 2.18. The molecule has 0 radical (unpaired) electrons. The van der Waals surface area contributed by atoms with Crippen molar-refractivity contribution in [3.8, 4) is 0 Å². The van der Waals surface area contributed by atoms with Crippen molar-refractivity contribution in [2.24, 2.45) is 0 Å². The van der Waals surface area contributed by atoms with Crippen LogP contribution in [-0.4, -0.2) is 16.3 Å². The summed E-state index contributed by atoms with van der Waals surface area (Å²) in [6.45, 7) is 1.01. The van der Waals surface area contributed by atoms with Crippen molar-refractivity contribution in [1.82, 2.24) is 4.57 Å². The first-order chi connectivity index (χ1) is 6.42. The van der Waals surface area contributed by atoms with Crippen molar-refractivity contribution in [3.05, 3.63) is 23.5 Å². The number of fused-ring (bicyclic) bond motifs is 1. The molecule has 0 unspecified atom stereocenters. The minimum absolute atomic E-state index is 0.251. The van der Waals surface area contributed by atoms with Crippen molar-refractivity contribution < 1.29 is 5.11 Å². The molecule has 13 heavy (non-hydrogen) atoms. The molecule has 0 saturated heterocycles. The van der Waals surface area contributed by atoms with Crippen LogP contribution in [0.2, 0.25) is 0 Å². The van der Waals surface area contributed by atoms with Crippen LogP contribution in [0, 0.1) is 0 Å². The predicted molar refractivity (Wildman–Crippen MR) is 52.8 cm³/mol. The molecular weight excluding hydrogens is 162 g/mol. The molecule has 0 aromatic carbocycles. The summed E-state index contributed by atoms with van der Waals surface area (Å²) in [6, 6.07) is 2.22. The third-order valence-corrected chi connectivity index (χ3v) is 2.87. The lowest BCUT2D eigenvalue weighted by molar-refractivity contribution is 0.274. The van der Waals surface area contributed by atoms with Gasteiger partial charge in [0, 0.05) is 18.4 Å². The Morgan fingerprint density at radius 3 is 2.92 bits per heavy atom. The average molecular weight is 179 g/mol. The second-order valence-electron chi connectivity index (χ2n) is 3.77. The van der Waals surface area contributed by atoms with E-state index in [1.54, 1.807) is 0 Å². The van der Waals surface area contributed by atoms with Crippen LogP contribution in [0.5, 0.6) is 0 Å². The van der Waals surface area contributed by atoms with Crippen molar-refractivity contribution >= 4 is 0 Å². The third kappa shape index (κ3) is 1.78. The van der Waals surface area contributed by atoms with Gasteiger partial charge in [0.1, 0.15) is 0 Å². The topological polar surface area (TPSA) is 25.2 Å². The fourth-order valence-electron chi connectivity index (χ4n) is 2.18. The lowest BCUT2D eigenvalue weighted by Crippen LogP contribution is -2.05. The zero-order valence-corrected chi connectivity index (χ0v) is 8.00. The molecule has 1 N–H and O–H groups in total. The van der Waals surface area contributed by atoms with Crippen molar-refractivity contribution in [1.29, 1.82) is 0 Å². The quantitative estimate of drug-likeness (QED) is 0.687. The Balaban J connectivity index is 2.23. The average Bonchev–Trinajstić information content (AvgIpc) is 2.38. The molecule has 0 amide bonds. The minimum Gasteiger partial charge on any atom is -0.395 e. The van der Waals surface area contributed by atoms with Crippen LogP contribution in [0.4, 0.5) is 0 Å². The van der Waals surface area contributed by atoms with Crippen molar-refractivity contribution in [2.75, 3.05) is 6.61 Å². The van der Waals surface area contributed by atoms with Crippen LogP contribution in [0.15, 0.2) is 12.3 Å². The molecule has 72 valence electrons. The molecule has 1 aromatic rings. The smallest absolute Gasteiger partial charge is 0.0610 e. The first-order valence-electron chi connectivity index (χ1n) is 5.19. The Bertz CT molecular complexity index is 278. The van der Waals surface area contributed by atoms with Crippen LogP contribution in [-0.2, 0) is 19.4 Å². The second-order valence-corrected chi connectivity index (χ2v) is 3.77. The highest BCUT2D eigenvalue weighted by molar-refractivity contribution is 5.23. The van der Waals surface area contributed by atoms with Crippen molar-refractivity contribution in [2.45, 2.75) is 38.6 Å². The van der Waals surface area contributed by atoms with Crippen molar-refractivity contribution in [3.63, 3.8) is 0 Å². The van der Waals surface area contributed by atoms with Gasteiger partial charge in [0.2, 0.25) is 0 Å². The number of hydrogen-bond donors (Lipinski definition) is 1. The molecular formula is C11H17NO. The van der Waals surface area contributed by atoms with Gasteiger partial charge in [0.25, 0.3) is 0 Å². The number of nitrogens with zero attached hydrogens (tertiary/aromatic N) is 1. The SMILES string of the molecule is OCCn1ccc2c1CCCCC2. The zero-order chi connectivity index (χ0) is 9.10. The fraction of sp³-hybridized carbons (Fsp3) is 0.636. The number of aromatic nitrogens is 1. The standard InChI is InChI=1S/C11H17NO/c13-9-8-12-7-6-10-4-2-1-3-5-11(10)12/h6-7,13H,1-5,8-9H2. The lowest BCUT2D eigenvalue weighted by atomic mass is 10.1. The highest BCUT2D eigenvalue weighted by atomic mass is 16.3. The summed E-state index contributed by atoms with van der Waals surface area (Å²) < 4.78 is 2.21. The van der Waals surface area contributed by atoms with Crippen LogP contribution in [0.1, 0.15) is 30.5 Å². The molecule has 0 spiro atoms. The van der Waals surface area contributed by atoms with E-state index in [2.05, 4.69) is 16.8 Å². The number of aryl methyl sites for hydroxylation is 1. The second kappa shape index (κ2) is 3.97. The van der Waals surface area contributed by atoms with E-state index >= 15 is 0 Å². The largest absolute Gasteiger partial charge is 0.395 e. The Kier molecular flexibility index (Phi) is 2.69. The van der Waals surface area contributed by atoms with E-state index in [1.807, 2.05) is 0 Å². The monoisotopic (exact) mass is 179 g/mol. The molecule has 2 rings (SSSR count). The summed E-state index contributed by atoms with van der Waals surface area (Å²) in [5.41, 5.74) is 2.97. The van der Waals surface area contributed by atoms with Gasteiger partial charge in [0.05, 0.1) is 6.61 Å². The summed E-state index contributed by atoms with van der Waals surface area (Å²) in [5, 5.41) is 8.89. The maximum absolute atomic E-state index is 8.89. The molecule has 0 atom stereocenters. The van der Waals surface area contributed by atoms with E-state index in [0.29, 0.717) is 0 Å². The Hall–Kier alpha value is -0.760. The Morgan fingerprint density at radius 1 is 1.23 bits per heavy atom. The summed E-state index contributed by atoms with van der Waals surface area (Å²) in [7, 11) is 0. The summed E-state index contributed by atoms with van der Waals surface area (Å²) in [6.07, 6.45) is 8.54. The zero-order valence-electron chi connectivity index (χ0n) is 8.00. The molecule has 0 fully saturated rings. The number of rotatable bonds is 2. The van der Waals surface area contributed by atoms with E-state index in [4.69, 9.17) is 5.11 Å². The van der Waals surface area contributed by atoms with Crippen LogP contribution in [0.25, 0.3) is 0 Å². The van der Waals surface area contributed by atoms with Crippen LogP contribution < -0.4 is 0 Å². The van der Waals surface area contributed by atoms with E-state index in [0.717, 1.165) is 6.54 Å². The van der Waals surface area contributed by atoms with E-state index < -0.39 is 0 Å². The molecule has 1 aliphatic carbocycles. The van der Waals surface area contributed by atoms with Crippen LogP contribution in [0.3, 0.4) is 0 Å². The normalized spacial score (nSPS) is 16.7. The first kappa shape index (κ1) is 8.82. The Morgan fingerprint density at radius 2 is 2.08 bits per heavy atom. The van der Waals surface area contributed by atoms with Crippen LogP contribution >= 0.6 is 0 Å². The van der Waals surface area contributed by atoms with E-state index in [-0.39, 0.29) is 6.61 Å². The highest BCUT2D eigenvalue weighted by Gasteiger charge is 2.11. The first-order valence-corrected chi connectivity index (χ1v) is 5.19. The van der Waals surface area contributed by atoms with E-state index in [9.17, 15) is 0 Å². The van der Waals surface area contributed by atoms with Gasteiger partial charge in [-0.25, -0.2) is 0 Å². The molecule has 0 saturated carbocycles. The highest BCUT2D eigenvalue weighted by Crippen LogP contribution is 2.21. The maximum Gasteiger partial charge on any atom is 0.0610 e. The summed E-state index contributed by atoms with van der Waals surface area (Å²) >= 11 is 0. The van der Waals surface area contributed by atoms with Gasteiger partial charge in [-0.05, 0) is 37.3 Å². The number of hydrogen-bond acceptors (Lipinski definition) is 1. The molecule has 1 aliphatic rings. The third-order valence-electron chi connectivity index (χ3n) is 2.87. The summed E-state index contributed by atoms with van der Waals surface area (Å²) in [4.78, 5) is 0. The van der Waals surface area contributed by atoms with Gasteiger partial charge >= 0.3 is 0 Å². The number of aliphatic hydroxyl groups excluding tert-OH is 1. The molecule has 2 nitrogen and oxygen atoms in total. The molecule has 1 aromatic heterocycles. The Labute approximate surface area is 79.2 Å². The predicted octanol–water partition coefficient (Wildman–Crippen LogP) is 1.75. The van der Waals surface area contributed by atoms with Gasteiger partial charge in [0.15, 0.2) is 0 Å². The van der Waals surface area contributed by atoms with Gasteiger partial charge in [-0.15, -0.1) is 0 Å². The molecule has 1 heterocycles. The molecule has 0 aliphatic heterocycles. The molecule has 0 bridgehead atoms. The number of aliphatic hydroxyl groups is 1. The lowest BCUT2D eigenvalue weighted by Gasteiger charge is -2.07. The minimum atomic E-state index is 0.251. The van der Waals surface area contributed by atoms with Gasteiger partial charge < -0.3 is 9.67 Å². The van der Waals surface area contributed by atoms with Gasteiger partial charge in [-0.3, -0.25) is 0 Å². The van der Waals surface area contributed by atoms with Gasteiger partial charge in [-0.1, -0.05) is 6.42 Å². The van der Waals surface area contributed by atoms with Gasteiger partial charge in [-0.2, -0.15) is 0 Å². The molecule has 2 heteroatoms.